The summed E-state index contributed by atoms with van der Waals surface area (Å²) in [5.41, 5.74) is 7.21. The molecule has 27 heavy (non-hydrogen) atoms. The summed E-state index contributed by atoms with van der Waals surface area (Å²) in [7, 11) is 0. The van der Waals surface area contributed by atoms with Gasteiger partial charge in [-0.15, -0.1) is 0 Å². The molecule has 0 spiro atoms. The summed E-state index contributed by atoms with van der Waals surface area (Å²) in [4.78, 5) is 0. The Morgan fingerprint density at radius 3 is 2.11 bits per heavy atom. The average Bonchev–Trinajstić information content (AvgIpc) is 3.01. The lowest BCUT2D eigenvalue weighted by atomic mass is 10.0. The van der Waals surface area contributed by atoms with Crippen LogP contribution >= 0.6 is 0 Å². The number of rotatable bonds is 2. The van der Waals surface area contributed by atoms with Gasteiger partial charge in [0.2, 0.25) is 0 Å². The summed E-state index contributed by atoms with van der Waals surface area (Å²) in [6, 6.07) is 14.4. The smallest absolute Gasteiger partial charge is 0.194 e. The van der Waals surface area contributed by atoms with Crippen molar-refractivity contribution in [2.75, 3.05) is 0 Å². The Labute approximate surface area is 156 Å². The molecule has 0 N–H and O–H groups in total. The van der Waals surface area contributed by atoms with Gasteiger partial charge in [0, 0.05) is 11.1 Å². The van der Waals surface area contributed by atoms with E-state index in [1.54, 1.807) is 0 Å². The third-order valence-corrected chi connectivity index (χ3v) is 4.82. The summed E-state index contributed by atoms with van der Waals surface area (Å²) < 4.78 is 39.6. The Balaban J connectivity index is 1.63. The number of aryl methyl sites for hydroxylation is 1. The summed E-state index contributed by atoms with van der Waals surface area (Å²) in [6.45, 7) is 2.17. The zero-order valence-corrected chi connectivity index (χ0v) is 14.9. The van der Waals surface area contributed by atoms with Crippen molar-refractivity contribution in [2.45, 2.75) is 26.2 Å². The normalized spacial score (nSPS) is 11.6. The minimum absolute atomic E-state index is 0.111. The van der Waals surface area contributed by atoms with Crippen LogP contribution < -0.4 is 0 Å². The van der Waals surface area contributed by atoms with Crippen LogP contribution in [0.3, 0.4) is 0 Å². The average molecular weight is 362 g/mol. The highest BCUT2D eigenvalue weighted by Crippen LogP contribution is 2.37. The van der Waals surface area contributed by atoms with Gasteiger partial charge in [-0.1, -0.05) is 49.5 Å². The van der Waals surface area contributed by atoms with Crippen LogP contribution in [0, 0.1) is 29.3 Å². The maximum atomic E-state index is 13.3. The van der Waals surface area contributed by atoms with Crippen LogP contribution in [0.15, 0.2) is 48.5 Å². The van der Waals surface area contributed by atoms with Gasteiger partial charge in [-0.05, 0) is 64.9 Å². The topological polar surface area (TPSA) is 0 Å². The van der Waals surface area contributed by atoms with Gasteiger partial charge >= 0.3 is 0 Å². The SMILES string of the molecule is CCCc1ccc2c(c1)Cc1cc(C#Cc3cc(F)c(F)c(F)c3)ccc1-2. The van der Waals surface area contributed by atoms with E-state index in [2.05, 4.69) is 37.0 Å². The molecule has 0 atom stereocenters. The molecule has 0 fully saturated rings. The lowest BCUT2D eigenvalue weighted by molar-refractivity contribution is 0.446. The van der Waals surface area contributed by atoms with Crippen LogP contribution in [0.4, 0.5) is 13.2 Å². The fourth-order valence-electron chi connectivity index (χ4n) is 3.56. The van der Waals surface area contributed by atoms with Crippen LogP contribution in [0.5, 0.6) is 0 Å². The predicted octanol–water partition coefficient (Wildman–Crippen LogP) is 6.03. The van der Waals surface area contributed by atoms with Crippen molar-refractivity contribution in [3.8, 4) is 23.0 Å². The Bertz CT molecular complexity index is 1080. The molecule has 0 heterocycles. The lowest BCUT2D eigenvalue weighted by Gasteiger charge is -2.04. The highest BCUT2D eigenvalue weighted by molar-refractivity contribution is 5.77. The molecule has 134 valence electrons. The van der Waals surface area contributed by atoms with Gasteiger partial charge in [0.15, 0.2) is 17.5 Å². The first-order valence-corrected chi connectivity index (χ1v) is 8.97. The van der Waals surface area contributed by atoms with Gasteiger partial charge in [0.1, 0.15) is 0 Å². The second-order valence-electron chi connectivity index (χ2n) is 6.79. The van der Waals surface area contributed by atoms with Gasteiger partial charge < -0.3 is 0 Å². The van der Waals surface area contributed by atoms with Crippen LogP contribution in [0.25, 0.3) is 11.1 Å². The first-order chi connectivity index (χ1) is 13.0. The third kappa shape index (κ3) is 3.36. The molecular formula is C24H17F3. The molecule has 3 aromatic carbocycles. The number of fused-ring (bicyclic) bond motifs is 3. The number of hydrogen-bond acceptors (Lipinski definition) is 0. The highest BCUT2D eigenvalue weighted by atomic mass is 19.2. The fraction of sp³-hybridized carbons (Fsp3) is 0.167. The molecule has 0 saturated heterocycles. The van der Waals surface area contributed by atoms with Crippen molar-refractivity contribution in [3.63, 3.8) is 0 Å². The van der Waals surface area contributed by atoms with E-state index in [9.17, 15) is 13.2 Å². The maximum Gasteiger partial charge on any atom is 0.194 e. The van der Waals surface area contributed by atoms with Crippen LogP contribution in [-0.4, -0.2) is 0 Å². The largest absolute Gasteiger partial charge is 0.204 e. The van der Waals surface area contributed by atoms with E-state index >= 15 is 0 Å². The van der Waals surface area contributed by atoms with Gasteiger partial charge in [-0.2, -0.15) is 0 Å². The molecule has 0 aromatic heterocycles. The van der Waals surface area contributed by atoms with E-state index in [-0.39, 0.29) is 5.56 Å². The minimum atomic E-state index is -1.47. The van der Waals surface area contributed by atoms with Gasteiger partial charge in [-0.3, -0.25) is 0 Å². The maximum absolute atomic E-state index is 13.3. The van der Waals surface area contributed by atoms with Gasteiger partial charge in [-0.25, -0.2) is 13.2 Å². The summed E-state index contributed by atoms with van der Waals surface area (Å²) in [6.07, 6.45) is 3.05. The summed E-state index contributed by atoms with van der Waals surface area (Å²) >= 11 is 0. The van der Waals surface area contributed by atoms with Crippen molar-refractivity contribution < 1.29 is 13.2 Å². The molecule has 0 saturated carbocycles. The van der Waals surface area contributed by atoms with Crippen molar-refractivity contribution in [3.05, 3.63) is 93.8 Å². The Kier molecular flexibility index (Phi) is 4.49. The molecular weight excluding hydrogens is 345 g/mol. The Hall–Kier alpha value is -2.99. The van der Waals surface area contributed by atoms with Gasteiger partial charge in [0.25, 0.3) is 0 Å². The van der Waals surface area contributed by atoms with E-state index in [1.807, 2.05) is 18.2 Å². The molecule has 0 aliphatic heterocycles. The standard InChI is InChI=1S/C24H17F3/c1-2-3-15-6-8-20-18(10-15)14-19-11-16(7-9-21(19)20)4-5-17-12-22(25)24(27)23(26)13-17/h6-13H,2-3,14H2,1H3. The molecule has 0 nitrogen and oxygen atoms in total. The van der Waals surface area contributed by atoms with E-state index in [1.165, 1.54) is 27.8 Å². The second kappa shape index (κ2) is 6.96. The Morgan fingerprint density at radius 2 is 1.41 bits per heavy atom. The van der Waals surface area contributed by atoms with Crippen molar-refractivity contribution in [2.24, 2.45) is 0 Å². The summed E-state index contributed by atoms with van der Waals surface area (Å²) in [5, 5.41) is 0. The quantitative estimate of drug-likeness (QED) is 0.302. The second-order valence-corrected chi connectivity index (χ2v) is 6.79. The molecule has 0 bridgehead atoms. The molecule has 4 rings (SSSR count). The molecule has 0 radical (unpaired) electrons. The first kappa shape index (κ1) is 17.4. The Morgan fingerprint density at radius 1 is 0.778 bits per heavy atom. The zero-order valence-electron chi connectivity index (χ0n) is 14.9. The fourth-order valence-corrected chi connectivity index (χ4v) is 3.56. The van der Waals surface area contributed by atoms with Crippen LogP contribution in [0.1, 0.15) is 41.2 Å². The minimum Gasteiger partial charge on any atom is -0.204 e. The molecule has 1 aliphatic rings. The number of benzene rings is 3. The van der Waals surface area contributed by atoms with Crippen molar-refractivity contribution >= 4 is 0 Å². The highest BCUT2D eigenvalue weighted by Gasteiger charge is 2.18. The molecule has 0 unspecified atom stereocenters. The van der Waals surface area contributed by atoms with E-state index < -0.39 is 17.5 Å². The zero-order chi connectivity index (χ0) is 19.0. The first-order valence-electron chi connectivity index (χ1n) is 8.97. The van der Waals surface area contributed by atoms with Crippen molar-refractivity contribution in [1.82, 2.24) is 0 Å². The summed E-state index contributed by atoms with van der Waals surface area (Å²) in [5.74, 6) is 1.69. The van der Waals surface area contributed by atoms with Gasteiger partial charge in [0.05, 0.1) is 0 Å². The van der Waals surface area contributed by atoms with Crippen LogP contribution in [0.2, 0.25) is 0 Å². The third-order valence-electron chi connectivity index (χ3n) is 4.82. The van der Waals surface area contributed by atoms with E-state index in [0.29, 0.717) is 0 Å². The monoisotopic (exact) mass is 362 g/mol. The van der Waals surface area contributed by atoms with Crippen LogP contribution in [-0.2, 0) is 12.8 Å². The number of hydrogen-bond donors (Lipinski definition) is 0. The molecule has 0 amide bonds. The molecule has 3 heteroatoms. The lowest BCUT2D eigenvalue weighted by Crippen LogP contribution is -1.91. The predicted molar refractivity (Wildman–Crippen MR) is 101 cm³/mol. The molecule has 3 aromatic rings. The number of halogens is 3. The van der Waals surface area contributed by atoms with Crippen molar-refractivity contribution in [1.29, 1.82) is 0 Å². The van der Waals surface area contributed by atoms with E-state index in [0.717, 1.165) is 37.0 Å². The van der Waals surface area contributed by atoms with E-state index in [4.69, 9.17) is 0 Å². The molecule has 1 aliphatic carbocycles.